The van der Waals surface area contributed by atoms with Crippen molar-refractivity contribution in [3.63, 3.8) is 0 Å². The first kappa shape index (κ1) is 14.4. The molecule has 0 aliphatic heterocycles. The van der Waals surface area contributed by atoms with Crippen LogP contribution in [0.3, 0.4) is 0 Å². The lowest BCUT2D eigenvalue weighted by molar-refractivity contribution is -0.123. The van der Waals surface area contributed by atoms with Gasteiger partial charge in [-0.2, -0.15) is 0 Å². The van der Waals surface area contributed by atoms with Crippen LogP contribution in [0.2, 0.25) is 0 Å². The molecule has 1 aliphatic rings. The molecule has 20 heavy (non-hydrogen) atoms. The molecule has 0 bridgehead atoms. The van der Waals surface area contributed by atoms with Crippen LogP contribution in [0.1, 0.15) is 31.4 Å². The van der Waals surface area contributed by atoms with E-state index in [-0.39, 0.29) is 12.5 Å². The predicted molar refractivity (Wildman–Crippen MR) is 76.4 cm³/mol. The molecule has 0 heterocycles. The molecule has 0 atom stereocenters. The van der Waals surface area contributed by atoms with E-state index in [1.54, 1.807) is 6.07 Å². The molecule has 1 aromatic rings. The molecule has 1 aromatic carbocycles. The summed E-state index contributed by atoms with van der Waals surface area (Å²) in [5, 5.41) is 15.0. The smallest absolute Gasteiger partial charge is 0.257 e. The Balaban J connectivity index is 1.90. The van der Waals surface area contributed by atoms with Crippen molar-refractivity contribution in [2.24, 2.45) is 11.1 Å². The number of nitrogens with one attached hydrogen (secondary N) is 1. The highest BCUT2D eigenvalue weighted by atomic mass is 16.5. The second-order valence-electron chi connectivity index (χ2n) is 5.35. The Morgan fingerprint density at radius 3 is 2.95 bits per heavy atom. The van der Waals surface area contributed by atoms with Gasteiger partial charge < -0.3 is 15.3 Å². The topological polar surface area (TPSA) is 70.9 Å². The second-order valence-corrected chi connectivity index (χ2v) is 5.35. The highest BCUT2D eigenvalue weighted by molar-refractivity contribution is 6.04. The van der Waals surface area contributed by atoms with Crippen molar-refractivity contribution in [3.05, 3.63) is 29.3 Å². The molecule has 5 nitrogen and oxygen atoms in total. The van der Waals surface area contributed by atoms with Gasteiger partial charge in [0, 0.05) is 12.1 Å². The molecular formula is C15H20N2O3. The SMILES string of the molecule is CC(C)CNC(=O)COc1ccc2c(c1)CC/C2=N\O. The fourth-order valence-corrected chi connectivity index (χ4v) is 2.16. The van der Waals surface area contributed by atoms with Gasteiger partial charge in [0.2, 0.25) is 0 Å². The Morgan fingerprint density at radius 2 is 2.25 bits per heavy atom. The van der Waals surface area contributed by atoms with Crippen LogP contribution in [-0.2, 0) is 11.2 Å². The molecule has 0 unspecified atom stereocenters. The molecule has 0 radical (unpaired) electrons. The molecule has 0 spiro atoms. The van der Waals surface area contributed by atoms with Crippen LogP contribution in [0.5, 0.6) is 5.75 Å². The second kappa shape index (κ2) is 6.41. The molecule has 1 amide bonds. The quantitative estimate of drug-likeness (QED) is 0.638. The van der Waals surface area contributed by atoms with Crippen LogP contribution in [0.4, 0.5) is 0 Å². The van der Waals surface area contributed by atoms with Crippen LogP contribution in [0.15, 0.2) is 23.4 Å². The lowest BCUT2D eigenvalue weighted by Crippen LogP contribution is -2.31. The van der Waals surface area contributed by atoms with Crippen LogP contribution in [0.25, 0.3) is 0 Å². The van der Waals surface area contributed by atoms with E-state index in [1.807, 2.05) is 26.0 Å². The maximum Gasteiger partial charge on any atom is 0.257 e. The zero-order valence-corrected chi connectivity index (χ0v) is 11.8. The third-order valence-corrected chi connectivity index (χ3v) is 3.22. The predicted octanol–water partition coefficient (Wildman–Crippen LogP) is 1.96. The summed E-state index contributed by atoms with van der Waals surface area (Å²) >= 11 is 0. The number of ether oxygens (including phenoxy) is 1. The van der Waals surface area contributed by atoms with Gasteiger partial charge in [-0.05, 0) is 42.5 Å². The summed E-state index contributed by atoms with van der Waals surface area (Å²) in [7, 11) is 0. The zero-order valence-electron chi connectivity index (χ0n) is 11.8. The number of hydrogen-bond acceptors (Lipinski definition) is 4. The molecule has 108 valence electrons. The standard InChI is InChI=1S/C15H20N2O3/c1-10(2)8-16-15(18)9-20-12-4-5-13-11(7-12)3-6-14(13)17-19/h4-5,7,10,19H,3,6,8-9H2,1-2H3,(H,16,18)/b17-14+. The fraction of sp³-hybridized carbons (Fsp3) is 0.467. The Hall–Kier alpha value is -2.04. The maximum atomic E-state index is 11.6. The highest BCUT2D eigenvalue weighted by Gasteiger charge is 2.18. The van der Waals surface area contributed by atoms with Gasteiger partial charge in [0.05, 0.1) is 5.71 Å². The summed E-state index contributed by atoms with van der Waals surface area (Å²) in [4.78, 5) is 11.6. The lowest BCUT2D eigenvalue weighted by atomic mass is 10.1. The van der Waals surface area contributed by atoms with E-state index in [2.05, 4.69) is 10.5 Å². The van der Waals surface area contributed by atoms with Crippen molar-refractivity contribution in [1.82, 2.24) is 5.32 Å². The van der Waals surface area contributed by atoms with Gasteiger partial charge in [0.25, 0.3) is 5.91 Å². The summed E-state index contributed by atoms with van der Waals surface area (Å²) < 4.78 is 5.48. The number of carbonyl (C=O) groups excluding carboxylic acids is 1. The van der Waals surface area contributed by atoms with Crippen molar-refractivity contribution in [2.75, 3.05) is 13.2 Å². The molecule has 0 fully saturated rings. The minimum Gasteiger partial charge on any atom is -0.484 e. The average Bonchev–Trinajstić information content (AvgIpc) is 2.85. The molecular weight excluding hydrogens is 256 g/mol. The van der Waals surface area contributed by atoms with E-state index in [4.69, 9.17) is 9.94 Å². The van der Waals surface area contributed by atoms with Crippen LogP contribution in [-0.4, -0.2) is 30.0 Å². The molecule has 5 heteroatoms. The zero-order chi connectivity index (χ0) is 14.5. The van der Waals surface area contributed by atoms with E-state index < -0.39 is 0 Å². The van der Waals surface area contributed by atoms with Gasteiger partial charge in [-0.3, -0.25) is 4.79 Å². The molecule has 0 saturated carbocycles. The molecule has 1 aliphatic carbocycles. The summed E-state index contributed by atoms with van der Waals surface area (Å²) in [6.45, 7) is 4.76. The van der Waals surface area contributed by atoms with E-state index in [0.29, 0.717) is 23.9 Å². The van der Waals surface area contributed by atoms with Crippen molar-refractivity contribution in [2.45, 2.75) is 26.7 Å². The van der Waals surface area contributed by atoms with Gasteiger partial charge in [-0.15, -0.1) is 0 Å². The molecule has 2 rings (SSSR count). The van der Waals surface area contributed by atoms with E-state index >= 15 is 0 Å². The fourth-order valence-electron chi connectivity index (χ4n) is 2.16. The number of carbonyl (C=O) groups is 1. The van der Waals surface area contributed by atoms with Crippen molar-refractivity contribution in [1.29, 1.82) is 0 Å². The Kier molecular flexibility index (Phi) is 4.61. The van der Waals surface area contributed by atoms with E-state index in [9.17, 15) is 4.79 Å². The maximum absolute atomic E-state index is 11.6. The lowest BCUT2D eigenvalue weighted by Gasteiger charge is -2.10. The normalized spacial score (nSPS) is 15.4. The number of benzene rings is 1. The van der Waals surface area contributed by atoms with E-state index in [1.165, 1.54) is 0 Å². The van der Waals surface area contributed by atoms with Gasteiger partial charge in [-0.1, -0.05) is 19.0 Å². The highest BCUT2D eigenvalue weighted by Crippen LogP contribution is 2.26. The van der Waals surface area contributed by atoms with Gasteiger partial charge in [0.1, 0.15) is 5.75 Å². The number of fused-ring (bicyclic) bond motifs is 1. The average molecular weight is 276 g/mol. The first-order chi connectivity index (χ1) is 9.60. The van der Waals surface area contributed by atoms with Crippen molar-refractivity contribution >= 4 is 11.6 Å². The van der Waals surface area contributed by atoms with Crippen LogP contribution < -0.4 is 10.1 Å². The first-order valence-electron chi connectivity index (χ1n) is 6.84. The Bertz CT molecular complexity index is 524. The number of oxime groups is 1. The van der Waals surface area contributed by atoms with Crippen molar-refractivity contribution in [3.8, 4) is 5.75 Å². The minimum absolute atomic E-state index is 0.0203. The third-order valence-electron chi connectivity index (χ3n) is 3.22. The minimum atomic E-state index is -0.114. The van der Waals surface area contributed by atoms with Gasteiger partial charge in [-0.25, -0.2) is 0 Å². The van der Waals surface area contributed by atoms with Crippen molar-refractivity contribution < 1.29 is 14.7 Å². The monoisotopic (exact) mass is 276 g/mol. The summed E-state index contributed by atoms with van der Waals surface area (Å²) in [6, 6.07) is 5.58. The largest absolute Gasteiger partial charge is 0.484 e. The Morgan fingerprint density at radius 1 is 1.45 bits per heavy atom. The first-order valence-corrected chi connectivity index (χ1v) is 6.84. The molecule has 2 N–H and O–H groups in total. The molecule has 0 saturated heterocycles. The van der Waals surface area contributed by atoms with E-state index in [0.717, 1.165) is 24.0 Å². The van der Waals surface area contributed by atoms with Gasteiger partial charge in [0.15, 0.2) is 6.61 Å². The summed E-state index contributed by atoms with van der Waals surface area (Å²) in [5.41, 5.74) is 2.77. The Labute approximate surface area is 118 Å². The number of amides is 1. The number of nitrogens with zero attached hydrogens (tertiary/aromatic N) is 1. The number of rotatable bonds is 5. The molecule has 0 aromatic heterocycles. The van der Waals surface area contributed by atoms with Crippen LogP contribution >= 0.6 is 0 Å². The number of aryl methyl sites for hydroxylation is 1. The third kappa shape index (κ3) is 3.50. The summed E-state index contributed by atoms with van der Waals surface area (Å²) in [6.07, 6.45) is 1.58. The van der Waals surface area contributed by atoms with Gasteiger partial charge >= 0.3 is 0 Å². The summed E-state index contributed by atoms with van der Waals surface area (Å²) in [5.74, 6) is 0.981. The number of hydrogen-bond donors (Lipinski definition) is 2. The van der Waals surface area contributed by atoms with Crippen LogP contribution in [0, 0.1) is 5.92 Å².